The van der Waals surface area contributed by atoms with Crippen molar-refractivity contribution < 1.29 is 18.3 Å². The lowest BCUT2D eigenvalue weighted by atomic mass is 10.2. The van der Waals surface area contributed by atoms with Gasteiger partial charge in [0.2, 0.25) is 0 Å². The van der Waals surface area contributed by atoms with Gasteiger partial charge in [0.1, 0.15) is 24.5 Å². The van der Waals surface area contributed by atoms with Gasteiger partial charge in [0, 0.05) is 16.8 Å². The summed E-state index contributed by atoms with van der Waals surface area (Å²) in [6.07, 6.45) is 1.45. The maximum absolute atomic E-state index is 13.9. The lowest BCUT2D eigenvalue weighted by Gasteiger charge is -2.13. The van der Waals surface area contributed by atoms with E-state index in [2.05, 4.69) is 25.6 Å². The third-order valence-corrected chi connectivity index (χ3v) is 5.09. The summed E-state index contributed by atoms with van der Waals surface area (Å²) < 4.78 is 38.5. The second kappa shape index (κ2) is 8.87. The number of fused-ring (bicyclic) bond motifs is 1. The van der Waals surface area contributed by atoms with Crippen molar-refractivity contribution in [3.05, 3.63) is 77.6 Å². The van der Waals surface area contributed by atoms with E-state index in [9.17, 15) is 8.78 Å². The van der Waals surface area contributed by atoms with Crippen LogP contribution in [-0.4, -0.2) is 29.1 Å². The van der Waals surface area contributed by atoms with Gasteiger partial charge in [-0.05, 0) is 48.5 Å². The number of anilines is 3. The van der Waals surface area contributed by atoms with Gasteiger partial charge in [0.15, 0.2) is 17.4 Å². The van der Waals surface area contributed by atoms with Crippen molar-refractivity contribution in [2.45, 2.75) is 0 Å². The predicted octanol–water partition coefficient (Wildman–Crippen LogP) is 5.90. The van der Waals surface area contributed by atoms with Crippen LogP contribution in [0.25, 0.3) is 10.9 Å². The minimum absolute atomic E-state index is 0.114. The van der Waals surface area contributed by atoms with Crippen LogP contribution < -0.4 is 15.4 Å². The van der Waals surface area contributed by atoms with Crippen LogP contribution in [0, 0.1) is 11.6 Å². The number of benzene rings is 3. The number of hydrogen-bond acceptors (Lipinski definition) is 7. The summed E-state index contributed by atoms with van der Waals surface area (Å²) in [7, 11) is 0. The Bertz CT molecular complexity index is 1360. The van der Waals surface area contributed by atoms with Crippen LogP contribution >= 0.6 is 11.6 Å². The predicted molar refractivity (Wildman–Crippen MR) is 123 cm³/mol. The minimum Gasteiger partial charge on any atom is -0.463 e. The first-order valence-corrected chi connectivity index (χ1v) is 10.3. The summed E-state index contributed by atoms with van der Waals surface area (Å²) in [4.78, 5) is 12.8. The summed E-state index contributed by atoms with van der Waals surface area (Å²) in [5.74, 6) is -1.50. The van der Waals surface area contributed by atoms with Gasteiger partial charge in [0.25, 0.3) is 6.02 Å². The summed E-state index contributed by atoms with van der Waals surface area (Å²) >= 11 is 6.31. The molecule has 33 heavy (non-hydrogen) atoms. The zero-order chi connectivity index (χ0) is 22.8. The molecule has 10 heteroatoms. The Hall–Kier alpha value is -3.98. The molecule has 7 nitrogen and oxygen atoms in total. The van der Waals surface area contributed by atoms with Crippen molar-refractivity contribution in [3.8, 4) is 11.5 Å². The lowest BCUT2D eigenvalue weighted by Crippen LogP contribution is -2.11. The molecule has 0 amide bonds. The molecule has 1 aliphatic heterocycles. The van der Waals surface area contributed by atoms with Crippen molar-refractivity contribution in [2.24, 2.45) is 4.99 Å². The molecular formula is C23H16ClF2N5O2. The van der Waals surface area contributed by atoms with E-state index in [1.54, 1.807) is 12.1 Å². The Morgan fingerprint density at radius 3 is 2.48 bits per heavy atom. The molecule has 0 aliphatic carbocycles. The topological polar surface area (TPSA) is 80.7 Å². The van der Waals surface area contributed by atoms with Crippen LogP contribution in [0.4, 0.5) is 26.0 Å². The first-order chi connectivity index (χ1) is 16.1. The third-order valence-electron chi connectivity index (χ3n) is 4.80. The smallest absolute Gasteiger partial charge is 0.289 e. The molecule has 0 spiro atoms. The van der Waals surface area contributed by atoms with Gasteiger partial charge in [-0.25, -0.2) is 23.7 Å². The molecule has 166 valence electrons. The molecule has 5 rings (SSSR count). The van der Waals surface area contributed by atoms with Crippen LogP contribution in [0.3, 0.4) is 0 Å². The van der Waals surface area contributed by atoms with E-state index in [1.807, 2.05) is 18.2 Å². The number of para-hydroxylation sites is 1. The molecule has 0 unspecified atom stereocenters. The number of aromatic nitrogens is 2. The largest absolute Gasteiger partial charge is 0.463 e. The second-order valence-corrected chi connectivity index (χ2v) is 7.44. The second-order valence-electron chi connectivity index (χ2n) is 7.04. The summed E-state index contributed by atoms with van der Waals surface area (Å²) in [5.41, 5.74) is 2.10. The van der Waals surface area contributed by atoms with Crippen LogP contribution in [0.15, 0.2) is 65.9 Å². The molecule has 0 atom stereocenters. The molecule has 2 heterocycles. The van der Waals surface area contributed by atoms with E-state index in [-0.39, 0.29) is 10.8 Å². The highest BCUT2D eigenvalue weighted by Crippen LogP contribution is 2.35. The Kier molecular flexibility index (Phi) is 5.62. The van der Waals surface area contributed by atoms with E-state index in [0.29, 0.717) is 30.7 Å². The van der Waals surface area contributed by atoms with Crippen LogP contribution in [0.5, 0.6) is 11.5 Å². The maximum atomic E-state index is 13.9. The van der Waals surface area contributed by atoms with Crippen LogP contribution in [0.2, 0.25) is 5.02 Å². The Morgan fingerprint density at radius 2 is 1.73 bits per heavy atom. The van der Waals surface area contributed by atoms with Crippen molar-refractivity contribution in [2.75, 3.05) is 23.8 Å². The first-order valence-electron chi connectivity index (χ1n) is 9.94. The number of ether oxygens (including phenoxy) is 2. The molecule has 1 aliphatic rings. The lowest BCUT2D eigenvalue weighted by molar-refractivity contribution is 0.346. The fourth-order valence-corrected chi connectivity index (χ4v) is 3.48. The molecule has 0 radical (unpaired) electrons. The van der Waals surface area contributed by atoms with E-state index >= 15 is 0 Å². The Balaban J connectivity index is 1.40. The fraction of sp³-hybridized carbons (Fsp3) is 0.0870. The van der Waals surface area contributed by atoms with Gasteiger partial charge in [-0.3, -0.25) is 0 Å². The zero-order valence-electron chi connectivity index (χ0n) is 17.0. The van der Waals surface area contributed by atoms with Gasteiger partial charge in [-0.15, -0.1) is 0 Å². The number of halogens is 3. The highest BCUT2D eigenvalue weighted by Gasteiger charge is 2.14. The molecule has 4 aromatic rings. The van der Waals surface area contributed by atoms with Gasteiger partial charge in [-0.2, -0.15) is 0 Å². The number of nitrogens with one attached hydrogen (secondary N) is 2. The van der Waals surface area contributed by atoms with Crippen molar-refractivity contribution in [1.29, 1.82) is 0 Å². The molecular weight excluding hydrogens is 452 g/mol. The number of hydrogen-bond donors (Lipinski definition) is 2. The quantitative estimate of drug-likeness (QED) is 0.380. The molecule has 3 aromatic carbocycles. The summed E-state index contributed by atoms with van der Waals surface area (Å²) in [6.45, 7) is 1.17. The standard InChI is InChI=1S/C23H16ClF2N5O2/c24-16-11-14(5-7-20(16)33-21-17(25)2-1-3-18(21)26)30-22-15-10-13(31-23-27-8-9-32-23)4-6-19(15)28-12-29-22/h1-7,10-12H,8-9H2,(H,27,31)(H,28,29,30). The third kappa shape index (κ3) is 4.49. The van der Waals surface area contributed by atoms with E-state index in [0.717, 1.165) is 28.7 Å². The molecule has 1 aromatic heterocycles. The Labute approximate surface area is 192 Å². The van der Waals surface area contributed by atoms with Gasteiger partial charge in [0.05, 0.1) is 17.1 Å². The number of amidine groups is 1. The van der Waals surface area contributed by atoms with Gasteiger partial charge >= 0.3 is 0 Å². The van der Waals surface area contributed by atoms with Crippen LogP contribution in [-0.2, 0) is 4.74 Å². The number of aliphatic imine (C=N–C) groups is 1. The average molecular weight is 468 g/mol. The maximum Gasteiger partial charge on any atom is 0.289 e. The molecule has 0 bridgehead atoms. The zero-order valence-corrected chi connectivity index (χ0v) is 17.7. The fourth-order valence-electron chi connectivity index (χ4n) is 3.26. The number of rotatable bonds is 5. The van der Waals surface area contributed by atoms with E-state index < -0.39 is 17.4 Å². The SMILES string of the molecule is Fc1cccc(F)c1Oc1ccc(Nc2ncnc3ccc(NC4=NCCO4)cc23)cc1Cl. The highest BCUT2D eigenvalue weighted by atomic mass is 35.5. The molecule has 0 saturated heterocycles. The molecule has 0 saturated carbocycles. The Morgan fingerprint density at radius 1 is 0.939 bits per heavy atom. The average Bonchev–Trinajstić information content (AvgIpc) is 3.31. The first kappa shape index (κ1) is 20.9. The monoisotopic (exact) mass is 467 g/mol. The van der Waals surface area contributed by atoms with E-state index in [4.69, 9.17) is 21.1 Å². The van der Waals surface area contributed by atoms with Crippen molar-refractivity contribution in [1.82, 2.24) is 9.97 Å². The summed E-state index contributed by atoms with van der Waals surface area (Å²) in [5, 5.41) is 7.23. The van der Waals surface area contributed by atoms with E-state index in [1.165, 1.54) is 18.5 Å². The molecule has 2 N–H and O–H groups in total. The van der Waals surface area contributed by atoms with Crippen molar-refractivity contribution >= 4 is 45.7 Å². The summed E-state index contributed by atoms with van der Waals surface area (Å²) in [6, 6.07) is 14.3. The van der Waals surface area contributed by atoms with Crippen LogP contribution in [0.1, 0.15) is 0 Å². The van der Waals surface area contributed by atoms with Crippen molar-refractivity contribution in [3.63, 3.8) is 0 Å². The highest BCUT2D eigenvalue weighted by molar-refractivity contribution is 6.32. The van der Waals surface area contributed by atoms with Gasteiger partial charge in [-0.1, -0.05) is 17.7 Å². The normalized spacial score (nSPS) is 12.9. The molecule has 0 fully saturated rings. The number of nitrogens with zero attached hydrogens (tertiary/aromatic N) is 3. The minimum atomic E-state index is -0.820. The van der Waals surface area contributed by atoms with Gasteiger partial charge < -0.3 is 20.1 Å².